The summed E-state index contributed by atoms with van der Waals surface area (Å²) in [4.78, 5) is 15.2. The molecule has 0 radical (unpaired) electrons. The van der Waals surface area contributed by atoms with Crippen molar-refractivity contribution in [3.05, 3.63) is 130 Å². The summed E-state index contributed by atoms with van der Waals surface area (Å²) in [6.07, 6.45) is 0.666. The summed E-state index contributed by atoms with van der Waals surface area (Å²) >= 11 is 0. The highest BCUT2D eigenvalue weighted by atomic mass is 16.5. The molecule has 1 amide bonds. The number of ether oxygens (including phenoxy) is 3. The van der Waals surface area contributed by atoms with Gasteiger partial charge in [-0.1, -0.05) is 102 Å². The molecule has 0 saturated carbocycles. The minimum atomic E-state index is -0.670. The van der Waals surface area contributed by atoms with Crippen molar-refractivity contribution in [1.82, 2.24) is 5.32 Å². The normalized spacial score (nSPS) is 20.7. The van der Waals surface area contributed by atoms with Crippen molar-refractivity contribution in [2.45, 2.75) is 51.0 Å². The van der Waals surface area contributed by atoms with Crippen LogP contribution in [0.15, 0.2) is 108 Å². The fourth-order valence-electron chi connectivity index (χ4n) is 4.49. The first-order valence-electron chi connectivity index (χ1n) is 12.6. The highest BCUT2D eigenvalue weighted by Crippen LogP contribution is 2.30. The van der Waals surface area contributed by atoms with E-state index in [-0.39, 0.29) is 12.5 Å². The van der Waals surface area contributed by atoms with Crippen molar-refractivity contribution in [1.29, 1.82) is 0 Å². The van der Waals surface area contributed by atoms with Gasteiger partial charge in [-0.15, -0.1) is 0 Å². The molecule has 196 valence electrons. The molecule has 38 heavy (non-hydrogen) atoms. The number of rotatable bonds is 12. The molecular formula is C30H32N4O4. The highest BCUT2D eigenvalue weighted by molar-refractivity contribution is 5.73. The number of hydrogen-bond acceptors (Lipinski definition) is 5. The summed E-state index contributed by atoms with van der Waals surface area (Å²) in [5.74, 6) is -0.250. The van der Waals surface area contributed by atoms with Gasteiger partial charge in [0.05, 0.1) is 38.5 Å². The average molecular weight is 513 g/mol. The lowest BCUT2D eigenvalue weighted by molar-refractivity contribution is -0.125. The van der Waals surface area contributed by atoms with Crippen LogP contribution < -0.4 is 5.32 Å². The van der Waals surface area contributed by atoms with Gasteiger partial charge in [0.25, 0.3) is 0 Å². The van der Waals surface area contributed by atoms with E-state index >= 15 is 0 Å². The van der Waals surface area contributed by atoms with Gasteiger partial charge in [0, 0.05) is 11.8 Å². The standard InChI is InChI=1S/C30H32N4O4/c1-22(35)32-28-27(33-34-31)17-26(21-36-18-23-11-5-2-6-12-23)29(37-19-24-13-7-3-8-14-24)30(28)38-20-25-15-9-4-10-16-25/h2-17,27-30H,18-21H2,1H3,(H,32,35)/t27-,28+,29-,30-/m1/s1. The SMILES string of the molecule is CC(=O)N[C@@H]1[C@@H](OCc2ccccc2)[C@H](OCc2ccccc2)C(COCc2ccccc2)=C[C@H]1N=[N+]=[N-]. The molecular weight excluding hydrogens is 480 g/mol. The van der Waals surface area contributed by atoms with E-state index in [1.54, 1.807) is 0 Å². The van der Waals surface area contributed by atoms with E-state index in [0.29, 0.717) is 19.8 Å². The Hall–Kier alpha value is -3.94. The molecule has 0 aliphatic heterocycles. The maximum atomic E-state index is 12.2. The smallest absolute Gasteiger partial charge is 0.217 e. The van der Waals surface area contributed by atoms with E-state index in [1.165, 1.54) is 6.92 Å². The van der Waals surface area contributed by atoms with Crippen molar-refractivity contribution in [2.75, 3.05) is 6.61 Å². The Morgan fingerprint density at radius 3 is 1.87 bits per heavy atom. The van der Waals surface area contributed by atoms with Crippen molar-refractivity contribution in [3.8, 4) is 0 Å². The summed E-state index contributed by atoms with van der Waals surface area (Å²) in [5, 5.41) is 6.93. The molecule has 0 bridgehead atoms. The average Bonchev–Trinajstić information content (AvgIpc) is 2.94. The molecule has 4 rings (SSSR count). The molecule has 0 spiro atoms. The van der Waals surface area contributed by atoms with Crippen molar-refractivity contribution in [3.63, 3.8) is 0 Å². The zero-order valence-electron chi connectivity index (χ0n) is 21.4. The van der Waals surface area contributed by atoms with Crippen LogP contribution >= 0.6 is 0 Å². The molecule has 8 nitrogen and oxygen atoms in total. The van der Waals surface area contributed by atoms with Gasteiger partial charge in [-0.25, -0.2) is 0 Å². The number of nitrogens with one attached hydrogen (secondary N) is 1. The Bertz CT molecular complexity index is 1230. The monoisotopic (exact) mass is 512 g/mol. The second-order valence-electron chi connectivity index (χ2n) is 9.12. The first kappa shape index (κ1) is 27.1. The third kappa shape index (κ3) is 7.78. The van der Waals surface area contributed by atoms with Crippen LogP contribution in [-0.4, -0.2) is 36.8 Å². The van der Waals surface area contributed by atoms with E-state index in [4.69, 9.17) is 14.2 Å². The lowest BCUT2D eigenvalue weighted by Gasteiger charge is -2.41. The quantitative estimate of drug-likeness (QED) is 0.150. The van der Waals surface area contributed by atoms with E-state index in [2.05, 4.69) is 15.3 Å². The van der Waals surface area contributed by atoms with Gasteiger partial charge in [0.1, 0.15) is 12.2 Å². The third-order valence-electron chi connectivity index (χ3n) is 6.26. The van der Waals surface area contributed by atoms with Crippen LogP contribution in [0.25, 0.3) is 10.4 Å². The van der Waals surface area contributed by atoms with E-state index in [1.807, 2.05) is 97.1 Å². The van der Waals surface area contributed by atoms with Gasteiger partial charge >= 0.3 is 0 Å². The summed E-state index contributed by atoms with van der Waals surface area (Å²) < 4.78 is 19.0. The van der Waals surface area contributed by atoms with E-state index in [0.717, 1.165) is 22.3 Å². The fourth-order valence-corrected chi connectivity index (χ4v) is 4.49. The zero-order chi connectivity index (χ0) is 26.6. The molecule has 1 aliphatic rings. The molecule has 0 unspecified atom stereocenters. The van der Waals surface area contributed by atoms with Crippen LogP contribution in [0.5, 0.6) is 0 Å². The van der Waals surface area contributed by atoms with Crippen LogP contribution in [0.2, 0.25) is 0 Å². The second-order valence-corrected chi connectivity index (χ2v) is 9.12. The Morgan fingerprint density at radius 1 is 0.816 bits per heavy atom. The highest BCUT2D eigenvalue weighted by Gasteiger charge is 2.42. The third-order valence-corrected chi connectivity index (χ3v) is 6.26. The van der Waals surface area contributed by atoms with Crippen LogP contribution in [0.3, 0.4) is 0 Å². The molecule has 0 aromatic heterocycles. The molecule has 1 aliphatic carbocycles. The Labute approximate surface area is 222 Å². The summed E-state index contributed by atoms with van der Waals surface area (Å²) in [7, 11) is 0. The van der Waals surface area contributed by atoms with Crippen LogP contribution in [0, 0.1) is 0 Å². The first-order chi connectivity index (χ1) is 18.6. The first-order valence-corrected chi connectivity index (χ1v) is 12.6. The summed E-state index contributed by atoms with van der Waals surface area (Å²) in [6, 6.07) is 28.2. The lowest BCUT2D eigenvalue weighted by atomic mass is 9.86. The van der Waals surface area contributed by atoms with Gasteiger partial charge in [-0.3, -0.25) is 4.79 Å². The number of hydrogen-bond donors (Lipinski definition) is 1. The van der Waals surface area contributed by atoms with Gasteiger partial charge in [-0.2, -0.15) is 0 Å². The van der Waals surface area contributed by atoms with Gasteiger partial charge in [-0.05, 0) is 27.8 Å². The topological polar surface area (TPSA) is 106 Å². The number of azide groups is 1. The van der Waals surface area contributed by atoms with Crippen molar-refractivity contribution < 1.29 is 19.0 Å². The minimum Gasteiger partial charge on any atom is -0.372 e. The van der Waals surface area contributed by atoms with E-state index < -0.39 is 24.3 Å². The van der Waals surface area contributed by atoms with E-state index in [9.17, 15) is 10.3 Å². The second kappa shape index (κ2) is 14.1. The summed E-state index contributed by atoms with van der Waals surface area (Å²) in [5.41, 5.74) is 13.1. The molecule has 1 N–H and O–H groups in total. The fraction of sp³-hybridized carbons (Fsp3) is 0.300. The molecule has 4 atom stereocenters. The molecule has 3 aromatic rings. The number of amides is 1. The predicted molar refractivity (Wildman–Crippen MR) is 145 cm³/mol. The molecule has 0 saturated heterocycles. The maximum absolute atomic E-state index is 12.2. The van der Waals surface area contributed by atoms with Crippen LogP contribution in [-0.2, 0) is 38.8 Å². The Balaban J connectivity index is 1.63. The molecule has 8 heteroatoms. The molecule has 0 fully saturated rings. The molecule has 3 aromatic carbocycles. The Morgan fingerprint density at radius 2 is 1.34 bits per heavy atom. The number of nitrogens with zero attached hydrogens (tertiary/aromatic N) is 3. The van der Waals surface area contributed by atoms with Crippen molar-refractivity contribution in [2.24, 2.45) is 5.11 Å². The van der Waals surface area contributed by atoms with Crippen LogP contribution in [0.4, 0.5) is 0 Å². The zero-order valence-corrected chi connectivity index (χ0v) is 21.4. The lowest BCUT2D eigenvalue weighted by Crippen LogP contribution is -2.58. The number of carbonyl (C=O) groups is 1. The Kier molecular flexibility index (Phi) is 10.1. The van der Waals surface area contributed by atoms with Gasteiger partial charge < -0.3 is 19.5 Å². The summed E-state index contributed by atoms with van der Waals surface area (Å²) in [6.45, 7) is 2.74. The number of carbonyl (C=O) groups excluding carboxylic acids is 1. The van der Waals surface area contributed by atoms with Gasteiger partial charge in [0.15, 0.2) is 0 Å². The predicted octanol–water partition coefficient (Wildman–Crippen LogP) is 5.50. The minimum absolute atomic E-state index is 0.250. The molecule has 0 heterocycles. The van der Waals surface area contributed by atoms with Crippen LogP contribution in [0.1, 0.15) is 23.6 Å². The van der Waals surface area contributed by atoms with Gasteiger partial charge in [0.2, 0.25) is 5.91 Å². The number of benzene rings is 3. The van der Waals surface area contributed by atoms with Crippen molar-refractivity contribution >= 4 is 5.91 Å². The largest absolute Gasteiger partial charge is 0.372 e. The maximum Gasteiger partial charge on any atom is 0.217 e.